The lowest BCUT2D eigenvalue weighted by atomic mass is 10.2. The molecule has 132 valence electrons. The van der Waals surface area contributed by atoms with Crippen LogP contribution in [0.2, 0.25) is 0 Å². The first-order chi connectivity index (χ1) is 12.6. The SMILES string of the molecule is COC(=O)c1ccc(Oc2ncnc(Nc3ccc(Br)cn3)c2N)cc1. The van der Waals surface area contributed by atoms with Crippen LogP contribution in [-0.2, 0) is 4.74 Å². The second-order valence-electron chi connectivity index (χ2n) is 5.05. The van der Waals surface area contributed by atoms with Crippen molar-refractivity contribution in [3.63, 3.8) is 0 Å². The van der Waals surface area contributed by atoms with Crippen molar-refractivity contribution < 1.29 is 14.3 Å². The number of nitrogens with two attached hydrogens (primary N) is 1. The Morgan fingerprint density at radius 2 is 1.88 bits per heavy atom. The van der Waals surface area contributed by atoms with Gasteiger partial charge in [0, 0.05) is 10.7 Å². The summed E-state index contributed by atoms with van der Waals surface area (Å²) >= 11 is 3.32. The van der Waals surface area contributed by atoms with Crippen molar-refractivity contribution in [3.05, 3.63) is 59.0 Å². The molecule has 0 radical (unpaired) electrons. The molecule has 2 heterocycles. The fraction of sp³-hybridized carbons (Fsp3) is 0.0588. The summed E-state index contributed by atoms with van der Waals surface area (Å²) in [7, 11) is 1.32. The molecule has 0 atom stereocenters. The van der Waals surface area contributed by atoms with Crippen LogP contribution in [0.25, 0.3) is 0 Å². The van der Waals surface area contributed by atoms with Gasteiger partial charge in [-0.25, -0.2) is 14.8 Å². The van der Waals surface area contributed by atoms with Crippen molar-refractivity contribution in [3.8, 4) is 11.6 Å². The monoisotopic (exact) mass is 415 g/mol. The molecule has 1 aromatic carbocycles. The van der Waals surface area contributed by atoms with E-state index in [9.17, 15) is 4.79 Å². The van der Waals surface area contributed by atoms with Crippen LogP contribution in [0, 0.1) is 0 Å². The van der Waals surface area contributed by atoms with E-state index in [1.165, 1.54) is 13.4 Å². The Morgan fingerprint density at radius 1 is 1.12 bits per heavy atom. The Kier molecular flexibility index (Phi) is 5.28. The minimum Gasteiger partial charge on any atom is -0.465 e. The second kappa shape index (κ2) is 7.79. The highest BCUT2D eigenvalue weighted by Gasteiger charge is 2.12. The zero-order valence-electron chi connectivity index (χ0n) is 13.6. The highest BCUT2D eigenvalue weighted by atomic mass is 79.9. The Bertz CT molecular complexity index is 917. The van der Waals surface area contributed by atoms with Crippen LogP contribution in [0.3, 0.4) is 0 Å². The zero-order valence-corrected chi connectivity index (χ0v) is 15.2. The lowest BCUT2D eigenvalue weighted by Gasteiger charge is -2.11. The van der Waals surface area contributed by atoms with E-state index < -0.39 is 5.97 Å². The molecule has 0 bridgehead atoms. The third-order valence-corrected chi connectivity index (χ3v) is 3.78. The van der Waals surface area contributed by atoms with Crippen molar-refractivity contribution >= 4 is 39.2 Å². The number of nitrogen functional groups attached to an aromatic ring is 1. The molecule has 0 aliphatic carbocycles. The molecule has 3 aromatic rings. The van der Waals surface area contributed by atoms with Crippen LogP contribution in [0.4, 0.5) is 17.3 Å². The molecular weight excluding hydrogens is 402 g/mol. The van der Waals surface area contributed by atoms with Gasteiger partial charge in [-0.05, 0) is 52.3 Å². The number of pyridine rings is 1. The molecule has 0 aliphatic rings. The third kappa shape index (κ3) is 4.06. The van der Waals surface area contributed by atoms with Gasteiger partial charge in [0.15, 0.2) is 5.82 Å². The van der Waals surface area contributed by atoms with E-state index in [0.29, 0.717) is 22.9 Å². The maximum absolute atomic E-state index is 11.5. The van der Waals surface area contributed by atoms with Crippen LogP contribution in [0.1, 0.15) is 10.4 Å². The number of rotatable bonds is 5. The highest BCUT2D eigenvalue weighted by molar-refractivity contribution is 9.10. The number of aromatic nitrogens is 3. The molecular formula is C17H14BrN5O3. The fourth-order valence-corrected chi connectivity index (χ4v) is 2.25. The number of hydrogen-bond donors (Lipinski definition) is 2. The van der Waals surface area contributed by atoms with E-state index in [0.717, 1.165) is 4.47 Å². The van der Waals surface area contributed by atoms with Gasteiger partial charge in [-0.15, -0.1) is 0 Å². The lowest BCUT2D eigenvalue weighted by Crippen LogP contribution is -2.04. The molecule has 9 heteroatoms. The van der Waals surface area contributed by atoms with E-state index in [-0.39, 0.29) is 11.6 Å². The Hall–Kier alpha value is -3.20. The van der Waals surface area contributed by atoms with Gasteiger partial charge in [0.1, 0.15) is 23.6 Å². The van der Waals surface area contributed by atoms with E-state index in [2.05, 4.69) is 40.9 Å². The van der Waals surface area contributed by atoms with Gasteiger partial charge in [0.25, 0.3) is 0 Å². The molecule has 0 amide bonds. The minimum absolute atomic E-state index is 0.186. The fourth-order valence-electron chi connectivity index (χ4n) is 2.02. The average Bonchev–Trinajstić information content (AvgIpc) is 2.66. The first-order valence-electron chi connectivity index (χ1n) is 7.42. The summed E-state index contributed by atoms with van der Waals surface area (Å²) in [4.78, 5) is 23.8. The smallest absolute Gasteiger partial charge is 0.337 e. The predicted molar refractivity (Wildman–Crippen MR) is 99.5 cm³/mol. The van der Waals surface area contributed by atoms with Gasteiger partial charge in [-0.1, -0.05) is 0 Å². The molecule has 3 N–H and O–H groups in total. The number of anilines is 3. The summed E-state index contributed by atoms with van der Waals surface area (Å²) in [6.07, 6.45) is 2.98. The first kappa shape index (κ1) is 17.6. The maximum Gasteiger partial charge on any atom is 0.337 e. The number of esters is 1. The predicted octanol–water partition coefficient (Wildman–Crippen LogP) is 3.54. The molecule has 2 aromatic heterocycles. The van der Waals surface area contributed by atoms with Crippen molar-refractivity contribution in [2.75, 3.05) is 18.2 Å². The van der Waals surface area contributed by atoms with E-state index in [1.54, 1.807) is 36.5 Å². The number of carbonyl (C=O) groups excluding carboxylic acids is 1. The molecule has 26 heavy (non-hydrogen) atoms. The zero-order chi connectivity index (χ0) is 18.5. The van der Waals surface area contributed by atoms with E-state index >= 15 is 0 Å². The van der Waals surface area contributed by atoms with Crippen LogP contribution >= 0.6 is 15.9 Å². The maximum atomic E-state index is 11.5. The second-order valence-corrected chi connectivity index (χ2v) is 5.96. The van der Waals surface area contributed by atoms with E-state index in [1.807, 2.05) is 6.07 Å². The molecule has 0 fully saturated rings. The van der Waals surface area contributed by atoms with Crippen LogP contribution in [-0.4, -0.2) is 28.0 Å². The summed E-state index contributed by atoms with van der Waals surface area (Å²) in [6, 6.07) is 10.0. The van der Waals surface area contributed by atoms with Gasteiger partial charge >= 0.3 is 5.97 Å². The van der Waals surface area contributed by atoms with Gasteiger partial charge in [-0.3, -0.25) is 0 Å². The summed E-state index contributed by atoms with van der Waals surface area (Å²) in [5.74, 6) is 1.18. The van der Waals surface area contributed by atoms with Crippen LogP contribution in [0.5, 0.6) is 11.6 Å². The number of benzene rings is 1. The number of ether oxygens (including phenoxy) is 2. The first-order valence-corrected chi connectivity index (χ1v) is 8.21. The Balaban J connectivity index is 1.78. The van der Waals surface area contributed by atoms with Gasteiger partial charge in [0.2, 0.25) is 5.88 Å². The van der Waals surface area contributed by atoms with Gasteiger partial charge < -0.3 is 20.5 Å². The summed E-state index contributed by atoms with van der Waals surface area (Å²) in [5, 5.41) is 3.01. The summed E-state index contributed by atoms with van der Waals surface area (Å²) in [5.41, 5.74) is 6.73. The molecule has 3 rings (SSSR count). The number of carbonyl (C=O) groups is 1. The van der Waals surface area contributed by atoms with Gasteiger partial charge in [0.05, 0.1) is 12.7 Å². The largest absolute Gasteiger partial charge is 0.465 e. The van der Waals surface area contributed by atoms with Crippen molar-refractivity contribution in [1.82, 2.24) is 15.0 Å². The molecule has 8 nitrogen and oxygen atoms in total. The number of halogens is 1. The lowest BCUT2D eigenvalue weighted by molar-refractivity contribution is 0.0600. The van der Waals surface area contributed by atoms with Crippen molar-refractivity contribution in [1.29, 1.82) is 0 Å². The van der Waals surface area contributed by atoms with Crippen LogP contribution < -0.4 is 15.8 Å². The average molecular weight is 416 g/mol. The Labute approximate surface area is 157 Å². The minimum atomic E-state index is -0.424. The standard InChI is InChI=1S/C17H14BrN5O3/c1-25-17(24)10-2-5-12(6-3-10)26-16-14(19)15(21-9-22-16)23-13-7-4-11(18)8-20-13/h2-9H,19H2,1H3,(H,20,21,22,23). The Morgan fingerprint density at radius 3 is 2.54 bits per heavy atom. The molecule has 0 saturated heterocycles. The molecule has 0 spiro atoms. The quantitative estimate of drug-likeness (QED) is 0.608. The third-order valence-electron chi connectivity index (χ3n) is 3.31. The summed E-state index contributed by atoms with van der Waals surface area (Å²) in [6.45, 7) is 0. The van der Waals surface area contributed by atoms with Crippen molar-refractivity contribution in [2.24, 2.45) is 0 Å². The molecule has 0 saturated carbocycles. The van der Waals surface area contributed by atoms with Crippen molar-refractivity contribution in [2.45, 2.75) is 0 Å². The summed E-state index contributed by atoms with van der Waals surface area (Å²) < 4.78 is 11.2. The number of methoxy groups -OCH3 is 1. The van der Waals surface area contributed by atoms with E-state index in [4.69, 9.17) is 10.5 Å². The normalized spacial score (nSPS) is 10.2. The molecule has 0 aliphatic heterocycles. The number of nitrogens with one attached hydrogen (secondary N) is 1. The number of nitrogens with zero attached hydrogens (tertiary/aromatic N) is 3. The topological polar surface area (TPSA) is 112 Å². The van der Waals surface area contributed by atoms with Gasteiger partial charge in [-0.2, -0.15) is 4.98 Å². The highest BCUT2D eigenvalue weighted by Crippen LogP contribution is 2.30. The van der Waals surface area contributed by atoms with Crippen LogP contribution in [0.15, 0.2) is 53.4 Å². The number of hydrogen-bond acceptors (Lipinski definition) is 8. The molecule has 0 unspecified atom stereocenters.